The van der Waals surface area contributed by atoms with Crippen LogP contribution < -0.4 is 5.32 Å². The highest BCUT2D eigenvalue weighted by atomic mass is 16.3. The lowest BCUT2D eigenvalue weighted by Gasteiger charge is -2.08. The van der Waals surface area contributed by atoms with Gasteiger partial charge in [0, 0.05) is 19.9 Å². The van der Waals surface area contributed by atoms with Gasteiger partial charge in [-0.3, -0.25) is 5.32 Å². The molecule has 13 heavy (non-hydrogen) atoms. The first-order valence-electron chi connectivity index (χ1n) is 5.04. The van der Waals surface area contributed by atoms with Crippen LogP contribution in [0.3, 0.4) is 0 Å². The van der Waals surface area contributed by atoms with Crippen LogP contribution in [0.15, 0.2) is 0 Å². The summed E-state index contributed by atoms with van der Waals surface area (Å²) in [6, 6.07) is 0.566. The van der Waals surface area contributed by atoms with Crippen LogP contribution in [-0.4, -0.2) is 41.3 Å². The Morgan fingerprint density at radius 2 is 2.00 bits per heavy atom. The normalized spacial score (nSPS) is 15.1. The van der Waals surface area contributed by atoms with Crippen molar-refractivity contribution in [2.24, 2.45) is 0 Å². The first-order chi connectivity index (χ1) is 6.07. The fraction of sp³-hybridized carbons (Fsp3) is 0.900. The lowest BCUT2D eigenvalue weighted by Crippen LogP contribution is -2.29. The molecule has 3 nitrogen and oxygen atoms in total. The Balaban J connectivity index is 3.51. The van der Waals surface area contributed by atoms with Gasteiger partial charge in [-0.1, -0.05) is 0 Å². The number of hydrogen-bond donors (Lipinski definition) is 2. The largest absolute Gasteiger partial charge is 0.379 e. The van der Waals surface area contributed by atoms with Crippen molar-refractivity contribution in [2.45, 2.75) is 46.4 Å². The van der Waals surface area contributed by atoms with Gasteiger partial charge in [-0.2, -0.15) is 0 Å². The molecule has 3 heteroatoms. The second kappa shape index (κ2) is 7.04. The molecular formula is C10H23N2O+. The first-order valence-corrected chi connectivity index (χ1v) is 5.04. The van der Waals surface area contributed by atoms with Crippen LogP contribution in [0.4, 0.5) is 0 Å². The van der Waals surface area contributed by atoms with E-state index in [1.807, 2.05) is 0 Å². The highest BCUT2D eigenvalue weighted by molar-refractivity contribution is 5.46. The van der Waals surface area contributed by atoms with Crippen LogP contribution in [0.25, 0.3) is 0 Å². The lowest BCUT2D eigenvalue weighted by molar-refractivity contribution is -0.555. The molecule has 0 bridgehead atoms. The molecule has 0 amide bonds. The molecule has 0 aliphatic carbocycles. The maximum Gasteiger partial charge on any atom is 0.146 e. The van der Waals surface area contributed by atoms with Gasteiger partial charge in [0.05, 0.1) is 0 Å². The van der Waals surface area contributed by atoms with Crippen molar-refractivity contribution in [3.63, 3.8) is 0 Å². The van der Waals surface area contributed by atoms with Crippen molar-refractivity contribution >= 4 is 6.21 Å². The molecule has 0 rings (SSSR count). The molecule has 1 unspecified atom stereocenters. The molecule has 0 saturated heterocycles. The number of rotatable bonds is 6. The molecule has 2 N–H and O–H groups in total. The summed E-state index contributed by atoms with van der Waals surface area (Å²) in [6.07, 6.45) is 2.79. The van der Waals surface area contributed by atoms with E-state index in [1.165, 1.54) is 0 Å². The number of nitrogens with one attached hydrogen (secondary N) is 1. The minimum Gasteiger partial charge on any atom is -0.379 e. The summed E-state index contributed by atoms with van der Waals surface area (Å²) >= 11 is 0. The van der Waals surface area contributed by atoms with E-state index in [1.54, 1.807) is 6.92 Å². The van der Waals surface area contributed by atoms with Crippen molar-refractivity contribution in [3.05, 3.63) is 0 Å². The van der Waals surface area contributed by atoms with Gasteiger partial charge in [0.2, 0.25) is 0 Å². The maximum atomic E-state index is 8.95. The van der Waals surface area contributed by atoms with Gasteiger partial charge in [0.1, 0.15) is 25.0 Å². The fourth-order valence-corrected chi connectivity index (χ4v) is 1.26. The molecule has 78 valence electrons. The van der Waals surface area contributed by atoms with Gasteiger partial charge >= 0.3 is 0 Å². The van der Waals surface area contributed by atoms with Crippen molar-refractivity contribution < 1.29 is 9.68 Å². The summed E-state index contributed by atoms with van der Waals surface area (Å²) in [5, 5.41) is 11.9. The van der Waals surface area contributed by atoms with Crippen LogP contribution in [-0.2, 0) is 0 Å². The van der Waals surface area contributed by atoms with Gasteiger partial charge in [0.15, 0.2) is 0 Å². The third-order valence-electron chi connectivity index (χ3n) is 2.03. The average Bonchev–Trinajstić information content (AvgIpc) is 2.03. The summed E-state index contributed by atoms with van der Waals surface area (Å²) in [7, 11) is 0. The third-order valence-corrected chi connectivity index (χ3v) is 2.03. The highest BCUT2D eigenvalue weighted by Crippen LogP contribution is 1.90. The summed E-state index contributed by atoms with van der Waals surface area (Å²) < 4.78 is 2.30. The molecule has 0 radical (unpaired) electrons. The molecule has 0 aromatic carbocycles. The van der Waals surface area contributed by atoms with Crippen LogP contribution >= 0.6 is 0 Å². The molecule has 0 saturated carbocycles. The van der Waals surface area contributed by atoms with Gasteiger partial charge in [-0.15, -0.1) is 0 Å². The zero-order valence-electron chi connectivity index (χ0n) is 9.25. The van der Waals surface area contributed by atoms with Crippen molar-refractivity contribution in [1.29, 1.82) is 0 Å². The van der Waals surface area contributed by atoms with E-state index in [2.05, 4.69) is 36.9 Å². The quantitative estimate of drug-likeness (QED) is 0.279. The molecule has 0 fully saturated rings. The fourth-order valence-electron chi connectivity index (χ4n) is 1.26. The number of aliphatic hydroxyl groups excluding tert-OH is 1. The van der Waals surface area contributed by atoms with Crippen LogP contribution in [0.5, 0.6) is 0 Å². The molecule has 0 heterocycles. The second-order valence-electron chi connectivity index (χ2n) is 3.57. The minimum absolute atomic E-state index is 0.391. The Morgan fingerprint density at radius 3 is 2.38 bits per heavy atom. The first kappa shape index (κ1) is 12.6. The Labute approximate surface area is 81.5 Å². The Hall–Kier alpha value is -0.410. The predicted molar refractivity (Wildman–Crippen MR) is 56.3 cm³/mol. The van der Waals surface area contributed by atoms with Gasteiger partial charge in [-0.05, 0) is 20.8 Å². The van der Waals surface area contributed by atoms with E-state index in [4.69, 9.17) is 5.11 Å². The van der Waals surface area contributed by atoms with E-state index in [0.29, 0.717) is 6.04 Å². The topological polar surface area (TPSA) is 35.3 Å². The molecule has 1 atom stereocenters. The highest BCUT2D eigenvalue weighted by Gasteiger charge is 2.06. The Kier molecular flexibility index (Phi) is 6.82. The third kappa shape index (κ3) is 6.72. The van der Waals surface area contributed by atoms with Crippen LogP contribution in [0, 0.1) is 0 Å². The van der Waals surface area contributed by atoms with Gasteiger partial charge < -0.3 is 5.11 Å². The summed E-state index contributed by atoms with van der Waals surface area (Å²) in [5.74, 6) is 0. The Bertz CT molecular complexity index is 153. The van der Waals surface area contributed by atoms with Crippen molar-refractivity contribution in [1.82, 2.24) is 5.32 Å². The molecule has 0 aliphatic rings. The number of hydrogen-bond acceptors (Lipinski definition) is 2. The van der Waals surface area contributed by atoms with E-state index in [-0.39, 0.29) is 0 Å². The van der Waals surface area contributed by atoms with Gasteiger partial charge in [-0.25, -0.2) is 4.58 Å². The van der Waals surface area contributed by atoms with E-state index >= 15 is 0 Å². The zero-order valence-corrected chi connectivity index (χ0v) is 9.25. The predicted octanol–water partition coefficient (Wildman–Crippen LogP) is 0.816. The van der Waals surface area contributed by atoms with E-state index in [0.717, 1.165) is 19.5 Å². The molecule has 0 aromatic heterocycles. The van der Waals surface area contributed by atoms with Gasteiger partial charge in [0.25, 0.3) is 0 Å². The SMILES string of the molecule is CC=[N+](CCCNC(C)O)C(C)C. The number of aliphatic hydroxyl groups is 1. The van der Waals surface area contributed by atoms with Crippen molar-refractivity contribution in [2.75, 3.05) is 13.1 Å². The molecule has 0 aliphatic heterocycles. The van der Waals surface area contributed by atoms with Crippen LogP contribution in [0.1, 0.15) is 34.1 Å². The summed E-state index contributed by atoms with van der Waals surface area (Å²) in [6.45, 7) is 10.1. The molecule has 0 spiro atoms. The second-order valence-corrected chi connectivity index (χ2v) is 3.57. The Morgan fingerprint density at radius 1 is 1.38 bits per heavy atom. The molecule has 0 aromatic rings. The standard InChI is InChI=1S/C10H23N2O/c1-5-12(9(2)3)8-6-7-11-10(4)13/h5,9-11,13H,6-8H2,1-4H3/q+1. The number of nitrogens with zero attached hydrogens (tertiary/aromatic N) is 1. The monoisotopic (exact) mass is 187 g/mol. The maximum absolute atomic E-state index is 8.95. The summed E-state index contributed by atoms with van der Waals surface area (Å²) in [5.41, 5.74) is 0. The minimum atomic E-state index is -0.391. The lowest BCUT2D eigenvalue weighted by atomic mass is 10.3. The van der Waals surface area contributed by atoms with E-state index in [9.17, 15) is 0 Å². The smallest absolute Gasteiger partial charge is 0.146 e. The zero-order chi connectivity index (χ0) is 10.3. The van der Waals surface area contributed by atoms with Crippen LogP contribution in [0.2, 0.25) is 0 Å². The van der Waals surface area contributed by atoms with E-state index < -0.39 is 6.23 Å². The summed E-state index contributed by atoms with van der Waals surface area (Å²) in [4.78, 5) is 0. The van der Waals surface area contributed by atoms with Crippen molar-refractivity contribution in [3.8, 4) is 0 Å². The molecular weight excluding hydrogens is 164 g/mol. The average molecular weight is 187 g/mol.